The molecule has 0 fully saturated rings. The number of thioether (sulfide) groups is 1. The number of benzene rings is 2. The van der Waals surface area contributed by atoms with Crippen LogP contribution in [0.15, 0.2) is 47.4 Å². The molecule has 1 aliphatic heterocycles. The van der Waals surface area contributed by atoms with Gasteiger partial charge in [0.05, 0.1) is 13.0 Å². The van der Waals surface area contributed by atoms with E-state index in [0.717, 1.165) is 16.2 Å². The molecule has 24 heavy (non-hydrogen) atoms. The first-order chi connectivity index (χ1) is 11.7. The van der Waals surface area contributed by atoms with Crippen LogP contribution in [-0.4, -0.2) is 19.4 Å². The summed E-state index contributed by atoms with van der Waals surface area (Å²) in [7, 11) is 0. The summed E-state index contributed by atoms with van der Waals surface area (Å²) in [6.07, 6.45) is 0.279. The highest BCUT2D eigenvalue weighted by atomic mass is 35.5. The van der Waals surface area contributed by atoms with E-state index in [1.54, 1.807) is 18.7 Å². The summed E-state index contributed by atoms with van der Waals surface area (Å²) < 4.78 is 15.9. The standard InChI is InChI=1S/C18H17ClO4S/c1-2-21-18(20)10-17(24-14-6-4-13(19)5-7-14)12-3-8-15-16(9-12)23-11-22-15/h3-9,17H,2,10-11H2,1H3. The smallest absolute Gasteiger partial charge is 0.307 e. The number of carbonyl (C=O) groups is 1. The van der Waals surface area contributed by atoms with Gasteiger partial charge < -0.3 is 14.2 Å². The third kappa shape index (κ3) is 4.16. The fourth-order valence-electron chi connectivity index (χ4n) is 2.39. The van der Waals surface area contributed by atoms with E-state index in [1.165, 1.54) is 0 Å². The van der Waals surface area contributed by atoms with E-state index in [1.807, 2.05) is 42.5 Å². The lowest BCUT2D eigenvalue weighted by Gasteiger charge is -2.17. The lowest BCUT2D eigenvalue weighted by Crippen LogP contribution is -2.08. The summed E-state index contributed by atoms with van der Waals surface area (Å²) in [6, 6.07) is 13.3. The Hall–Kier alpha value is -1.85. The van der Waals surface area contributed by atoms with Crippen molar-refractivity contribution in [3.8, 4) is 11.5 Å². The van der Waals surface area contributed by atoms with Gasteiger partial charge >= 0.3 is 5.97 Å². The number of fused-ring (bicyclic) bond motifs is 1. The second kappa shape index (κ2) is 7.81. The Balaban J connectivity index is 1.83. The van der Waals surface area contributed by atoms with Crippen molar-refractivity contribution >= 4 is 29.3 Å². The van der Waals surface area contributed by atoms with Crippen LogP contribution in [0.1, 0.15) is 24.2 Å². The Morgan fingerprint density at radius 1 is 1.21 bits per heavy atom. The van der Waals surface area contributed by atoms with Crippen LogP contribution in [0, 0.1) is 0 Å². The molecule has 6 heteroatoms. The number of hydrogen-bond donors (Lipinski definition) is 0. The van der Waals surface area contributed by atoms with Gasteiger partial charge in [-0.15, -0.1) is 11.8 Å². The third-order valence-corrected chi connectivity index (χ3v) is 5.04. The minimum atomic E-state index is -0.221. The summed E-state index contributed by atoms with van der Waals surface area (Å²) in [4.78, 5) is 13.0. The van der Waals surface area contributed by atoms with Crippen LogP contribution >= 0.6 is 23.4 Å². The molecule has 0 spiro atoms. The van der Waals surface area contributed by atoms with Gasteiger partial charge in [-0.05, 0) is 48.9 Å². The van der Waals surface area contributed by atoms with Crippen LogP contribution in [0.5, 0.6) is 11.5 Å². The van der Waals surface area contributed by atoms with Gasteiger partial charge in [-0.2, -0.15) is 0 Å². The van der Waals surface area contributed by atoms with Crippen LogP contribution in [0.3, 0.4) is 0 Å². The number of esters is 1. The van der Waals surface area contributed by atoms with E-state index >= 15 is 0 Å². The Morgan fingerprint density at radius 2 is 1.96 bits per heavy atom. The molecular formula is C18H17ClO4S. The SMILES string of the molecule is CCOC(=O)CC(Sc1ccc(Cl)cc1)c1ccc2c(c1)OCO2. The molecule has 3 rings (SSSR count). The van der Waals surface area contributed by atoms with Gasteiger partial charge in [0.1, 0.15) is 0 Å². The first-order valence-corrected chi connectivity index (χ1v) is 8.89. The number of hydrogen-bond acceptors (Lipinski definition) is 5. The molecular weight excluding hydrogens is 348 g/mol. The predicted molar refractivity (Wildman–Crippen MR) is 93.9 cm³/mol. The Morgan fingerprint density at radius 3 is 2.71 bits per heavy atom. The third-order valence-electron chi connectivity index (χ3n) is 3.52. The molecule has 126 valence electrons. The van der Waals surface area contributed by atoms with E-state index < -0.39 is 0 Å². The fraction of sp³-hybridized carbons (Fsp3) is 0.278. The van der Waals surface area contributed by atoms with Crippen LogP contribution in [0.25, 0.3) is 0 Å². The number of halogens is 1. The maximum atomic E-state index is 12.0. The van der Waals surface area contributed by atoms with Crippen LogP contribution in [0.2, 0.25) is 5.02 Å². The number of carbonyl (C=O) groups excluding carboxylic acids is 1. The molecule has 0 saturated heterocycles. The van der Waals surface area contributed by atoms with Crippen molar-refractivity contribution in [1.29, 1.82) is 0 Å². The molecule has 1 aliphatic rings. The minimum Gasteiger partial charge on any atom is -0.466 e. The molecule has 0 bridgehead atoms. The van der Waals surface area contributed by atoms with Gasteiger partial charge in [-0.1, -0.05) is 17.7 Å². The van der Waals surface area contributed by atoms with Crippen LogP contribution in [0.4, 0.5) is 0 Å². The highest BCUT2D eigenvalue weighted by Crippen LogP contribution is 2.42. The topological polar surface area (TPSA) is 44.8 Å². The van der Waals surface area contributed by atoms with Crippen molar-refractivity contribution in [2.45, 2.75) is 23.5 Å². The molecule has 0 aromatic heterocycles. The van der Waals surface area contributed by atoms with Crippen LogP contribution < -0.4 is 9.47 Å². The maximum Gasteiger partial charge on any atom is 0.307 e. The quantitative estimate of drug-likeness (QED) is 0.541. The molecule has 0 radical (unpaired) electrons. The summed E-state index contributed by atoms with van der Waals surface area (Å²) in [5, 5.41) is 0.601. The molecule has 2 aromatic rings. The zero-order valence-electron chi connectivity index (χ0n) is 13.2. The summed E-state index contributed by atoms with van der Waals surface area (Å²) >= 11 is 7.54. The Labute approximate surface area is 150 Å². The lowest BCUT2D eigenvalue weighted by atomic mass is 10.1. The average Bonchev–Trinajstić information content (AvgIpc) is 3.04. The van der Waals surface area contributed by atoms with Gasteiger partial charge in [-0.3, -0.25) is 4.79 Å². The zero-order chi connectivity index (χ0) is 16.9. The summed E-state index contributed by atoms with van der Waals surface area (Å²) in [5.74, 6) is 1.21. The molecule has 0 aliphatic carbocycles. The first-order valence-electron chi connectivity index (χ1n) is 7.63. The largest absolute Gasteiger partial charge is 0.466 e. The zero-order valence-corrected chi connectivity index (χ0v) is 14.7. The van der Waals surface area contributed by atoms with E-state index in [4.69, 9.17) is 25.8 Å². The van der Waals surface area contributed by atoms with Gasteiger partial charge in [0.2, 0.25) is 6.79 Å². The number of ether oxygens (including phenoxy) is 3. The Kier molecular flexibility index (Phi) is 5.53. The average molecular weight is 365 g/mol. The molecule has 1 heterocycles. The molecule has 2 aromatic carbocycles. The fourth-order valence-corrected chi connectivity index (χ4v) is 3.64. The predicted octanol–water partition coefficient (Wildman–Crippen LogP) is 4.86. The number of rotatable bonds is 6. The molecule has 0 amide bonds. The second-order valence-electron chi connectivity index (χ2n) is 5.18. The molecule has 1 unspecified atom stereocenters. The van der Waals surface area contributed by atoms with Gasteiger partial charge in [0, 0.05) is 15.2 Å². The lowest BCUT2D eigenvalue weighted by molar-refractivity contribution is -0.143. The van der Waals surface area contributed by atoms with Crippen molar-refractivity contribution in [2.24, 2.45) is 0 Å². The van der Waals surface area contributed by atoms with Crippen molar-refractivity contribution < 1.29 is 19.0 Å². The first kappa shape index (κ1) is 17.0. The molecule has 4 nitrogen and oxygen atoms in total. The van der Waals surface area contributed by atoms with E-state index in [2.05, 4.69) is 0 Å². The van der Waals surface area contributed by atoms with Gasteiger partial charge in [-0.25, -0.2) is 0 Å². The van der Waals surface area contributed by atoms with E-state index in [0.29, 0.717) is 17.4 Å². The Bertz CT molecular complexity index is 717. The van der Waals surface area contributed by atoms with Crippen molar-refractivity contribution in [1.82, 2.24) is 0 Å². The maximum absolute atomic E-state index is 12.0. The van der Waals surface area contributed by atoms with Gasteiger partial charge in [0.15, 0.2) is 11.5 Å². The van der Waals surface area contributed by atoms with E-state index in [-0.39, 0.29) is 24.4 Å². The molecule has 1 atom stereocenters. The second-order valence-corrected chi connectivity index (χ2v) is 6.89. The summed E-state index contributed by atoms with van der Waals surface area (Å²) in [6.45, 7) is 2.41. The highest BCUT2D eigenvalue weighted by Gasteiger charge is 2.22. The molecule has 0 N–H and O–H groups in total. The molecule has 0 saturated carbocycles. The van der Waals surface area contributed by atoms with Crippen molar-refractivity contribution in [2.75, 3.05) is 13.4 Å². The van der Waals surface area contributed by atoms with E-state index in [9.17, 15) is 4.79 Å². The highest BCUT2D eigenvalue weighted by molar-refractivity contribution is 7.99. The monoisotopic (exact) mass is 364 g/mol. The van der Waals surface area contributed by atoms with Crippen molar-refractivity contribution in [3.05, 3.63) is 53.1 Å². The van der Waals surface area contributed by atoms with Gasteiger partial charge in [0.25, 0.3) is 0 Å². The normalized spacial score (nSPS) is 13.6. The van der Waals surface area contributed by atoms with Crippen LogP contribution in [-0.2, 0) is 9.53 Å². The van der Waals surface area contributed by atoms with Crippen molar-refractivity contribution in [3.63, 3.8) is 0 Å². The minimum absolute atomic E-state index is 0.0836. The summed E-state index contributed by atoms with van der Waals surface area (Å²) in [5.41, 5.74) is 0.993.